The lowest BCUT2D eigenvalue weighted by molar-refractivity contribution is -0.136. The van der Waals surface area contributed by atoms with Gasteiger partial charge in [0.15, 0.2) is 0 Å². The van der Waals surface area contributed by atoms with Gasteiger partial charge in [0.2, 0.25) is 5.91 Å². The number of rotatable bonds is 5. The zero-order valence-electron chi connectivity index (χ0n) is 13.6. The smallest absolute Gasteiger partial charge is 0.313 e. The van der Waals surface area contributed by atoms with Crippen LogP contribution in [0.1, 0.15) is 0 Å². The van der Waals surface area contributed by atoms with Crippen LogP contribution in [0.4, 0.5) is 11.4 Å². The minimum atomic E-state index is -0.940. The fraction of sp³-hybridized carbons (Fsp3) is 0.118. The van der Waals surface area contributed by atoms with Gasteiger partial charge >= 0.3 is 11.8 Å². The molecular weight excluding hydrogens is 381 g/mol. The number of methoxy groups -OCH3 is 1. The third-order valence-corrected chi connectivity index (χ3v) is 3.91. The second kappa shape index (κ2) is 9.07. The number of amides is 3. The van der Waals surface area contributed by atoms with Crippen molar-refractivity contribution < 1.29 is 19.1 Å². The molecule has 0 spiro atoms. The summed E-state index contributed by atoms with van der Waals surface area (Å²) in [7, 11) is 1.52. The van der Waals surface area contributed by atoms with Gasteiger partial charge in [-0.3, -0.25) is 14.4 Å². The number of hydrogen-bond donors (Lipinski definition) is 3. The lowest BCUT2D eigenvalue weighted by Crippen LogP contribution is -2.39. The predicted octanol–water partition coefficient (Wildman–Crippen LogP) is 2.70. The van der Waals surface area contributed by atoms with Crippen LogP contribution in [0.25, 0.3) is 0 Å². The lowest BCUT2D eigenvalue weighted by atomic mass is 10.3. The highest BCUT2D eigenvalue weighted by atomic mass is 35.5. The van der Waals surface area contributed by atoms with Crippen molar-refractivity contribution in [3.05, 3.63) is 52.5 Å². The third-order valence-electron chi connectivity index (χ3n) is 3.17. The van der Waals surface area contributed by atoms with Crippen LogP contribution in [-0.2, 0) is 14.4 Å². The topological polar surface area (TPSA) is 96.5 Å². The van der Waals surface area contributed by atoms with Crippen LogP contribution in [-0.4, -0.2) is 31.4 Å². The number of carbonyl (C=O) groups excluding carboxylic acids is 3. The monoisotopic (exact) mass is 395 g/mol. The first kappa shape index (κ1) is 19.6. The maximum atomic E-state index is 11.8. The van der Waals surface area contributed by atoms with Gasteiger partial charge in [-0.25, -0.2) is 0 Å². The summed E-state index contributed by atoms with van der Waals surface area (Å²) in [6, 6.07) is 11.0. The Morgan fingerprint density at radius 2 is 1.54 bits per heavy atom. The molecule has 0 aliphatic heterocycles. The summed E-state index contributed by atoms with van der Waals surface area (Å²) < 4.78 is 5.00. The SMILES string of the molecule is COc1ccc(NC(=O)C(=O)NCC(=O)Nc2ccc(Cl)c(Cl)c2)cc1. The molecule has 0 heterocycles. The second-order valence-corrected chi connectivity index (χ2v) is 5.86. The number of anilines is 2. The van der Waals surface area contributed by atoms with E-state index in [0.717, 1.165) is 0 Å². The summed E-state index contributed by atoms with van der Waals surface area (Å²) in [6.07, 6.45) is 0. The molecule has 0 saturated heterocycles. The van der Waals surface area contributed by atoms with Crippen molar-refractivity contribution in [3.63, 3.8) is 0 Å². The van der Waals surface area contributed by atoms with E-state index in [1.165, 1.54) is 19.2 Å². The van der Waals surface area contributed by atoms with E-state index in [2.05, 4.69) is 16.0 Å². The molecule has 0 atom stereocenters. The molecule has 0 fully saturated rings. The fourth-order valence-corrected chi connectivity index (χ4v) is 2.18. The molecule has 3 amide bonds. The Balaban J connectivity index is 1.81. The van der Waals surface area contributed by atoms with Gasteiger partial charge in [-0.05, 0) is 42.5 Å². The van der Waals surface area contributed by atoms with Crippen molar-refractivity contribution in [2.45, 2.75) is 0 Å². The quantitative estimate of drug-likeness (QED) is 0.678. The molecule has 0 bridgehead atoms. The molecule has 0 unspecified atom stereocenters. The molecule has 2 rings (SSSR count). The summed E-state index contributed by atoms with van der Waals surface area (Å²) in [6.45, 7) is -0.380. The van der Waals surface area contributed by atoms with Gasteiger partial charge < -0.3 is 20.7 Å². The van der Waals surface area contributed by atoms with Gasteiger partial charge in [0, 0.05) is 11.4 Å². The van der Waals surface area contributed by atoms with Crippen LogP contribution in [0, 0.1) is 0 Å². The van der Waals surface area contributed by atoms with Crippen LogP contribution in [0.15, 0.2) is 42.5 Å². The summed E-state index contributed by atoms with van der Waals surface area (Å²) in [5, 5.41) is 7.80. The first-order valence-corrected chi connectivity index (χ1v) is 8.13. The molecule has 0 radical (unpaired) electrons. The Labute approximate surface area is 159 Å². The molecule has 3 N–H and O–H groups in total. The van der Waals surface area contributed by atoms with Crippen LogP contribution in [0.2, 0.25) is 10.0 Å². The van der Waals surface area contributed by atoms with Gasteiger partial charge in [-0.1, -0.05) is 23.2 Å². The van der Waals surface area contributed by atoms with Gasteiger partial charge in [0.25, 0.3) is 0 Å². The first-order chi connectivity index (χ1) is 12.4. The molecule has 0 saturated carbocycles. The summed E-state index contributed by atoms with van der Waals surface area (Å²) in [5.41, 5.74) is 0.840. The molecule has 26 heavy (non-hydrogen) atoms. The highest BCUT2D eigenvalue weighted by molar-refractivity contribution is 6.42. The highest BCUT2D eigenvalue weighted by Gasteiger charge is 2.15. The summed E-state index contributed by atoms with van der Waals surface area (Å²) >= 11 is 11.6. The first-order valence-electron chi connectivity index (χ1n) is 7.37. The lowest BCUT2D eigenvalue weighted by Gasteiger charge is -2.08. The van der Waals surface area contributed by atoms with Crippen molar-refractivity contribution in [1.82, 2.24) is 5.32 Å². The van der Waals surface area contributed by atoms with Crippen molar-refractivity contribution in [3.8, 4) is 5.75 Å². The van der Waals surface area contributed by atoms with E-state index in [1.807, 2.05) is 0 Å². The van der Waals surface area contributed by atoms with Crippen LogP contribution >= 0.6 is 23.2 Å². The van der Waals surface area contributed by atoms with E-state index in [-0.39, 0.29) is 11.6 Å². The van der Waals surface area contributed by atoms with E-state index in [1.54, 1.807) is 30.3 Å². The molecule has 2 aromatic carbocycles. The Morgan fingerprint density at radius 3 is 2.15 bits per heavy atom. The van der Waals surface area contributed by atoms with Crippen molar-refractivity contribution in [2.75, 3.05) is 24.3 Å². The summed E-state index contributed by atoms with van der Waals surface area (Å²) in [4.78, 5) is 35.4. The Kier molecular flexibility index (Phi) is 6.82. The van der Waals surface area contributed by atoms with Crippen molar-refractivity contribution >= 4 is 52.3 Å². The number of benzene rings is 2. The number of halogens is 2. The summed E-state index contributed by atoms with van der Waals surface area (Å²) in [5.74, 6) is -1.73. The average molecular weight is 396 g/mol. The molecule has 0 aliphatic rings. The highest BCUT2D eigenvalue weighted by Crippen LogP contribution is 2.24. The van der Waals surface area contributed by atoms with E-state index in [0.29, 0.717) is 22.1 Å². The molecular formula is C17H15Cl2N3O4. The zero-order valence-corrected chi connectivity index (χ0v) is 15.1. The van der Waals surface area contributed by atoms with Crippen LogP contribution in [0.3, 0.4) is 0 Å². The van der Waals surface area contributed by atoms with Gasteiger partial charge in [-0.2, -0.15) is 0 Å². The van der Waals surface area contributed by atoms with E-state index in [4.69, 9.17) is 27.9 Å². The maximum absolute atomic E-state index is 11.8. The molecule has 2 aromatic rings. The predicted molar refractivity (Wildman–Crippen MR) is 99.7 cm³/mol. The Bertz CT molecular complexity index is 825. The molecule has 9 heteroatoms. The van der Waals surface area contributed by atoms with E-state index >= 15 is 0 Å². The Hall–Kier alpha value is -2.77. The van der Waals surface area contributed by atoms with Crippen LogP contribution in [0.5, 0.6) is 5.75 Å². The van der Waals surface area contributed by atoms with Crippen molar-refractivity contribution in [1.29, 1.82) is 0 Å². The van der Waals surface area contributed by atoms with Gasteiger partial charge in [0.1, 0.15) is 5.75 Å². The van der Waals surface area contributed by atoms with Crippen LogP contribution < -0.4 is 20.7 Å². The van der Waals surface area contributed by atoms with Gasteiger partial charge in [0.05, 0.1) is 23.7 Å². The number of nitrogens with one attached hydrogen (secondary N) is 3. The number of ether oxygens (including phenoxy) is 1. The standard InChI is InChI=1S/C17H15Cl2N3O4/c1-26-12-5-2-10(3-6-12)22-17(25)16(24)20-9-15(23)21-11-4-7-13(18)14(19)8-11/h2-8H,9H2,1H3,(H,20,24)(H,21,23)(H,22,25). The third kappa shape index (κ3) is 5.65. The molecule has 7 nitrogen and oxygen atoms in total. The average Bonchev–Trinajstić information content (AvgIpc) is 2.63. The second-order valence-electron chi connectivity index (χ2n) is 5.04. The Morgan fingerprint density at radius 1 is 0.885 bits per heavy atom. The van der Waals surface area contributed by atoms with E-state index < -0.39 is 17.7 Å². The fourth-order valence-electron chi connectivity index (χ4n) is 1.88. The minimum Gasteiger partial charge on any atom is -0.497 e. The van der Waals surface area contributed by atoms with E-state index in [9.17, 15) is 14.4 Å². The van der Waals surface area contributed by atoms with Gasteiger partial charge in [-0.15, -0.1) is 0 Å². The number of carbonyl (C=O) groups is 3. The molecule has 0 aliphatic carbocycles. The normalized spacial score (nSPS) is 9.96. The zero-order chi connectivity index (χ0) is 19.1. The molecule has 0 aromatic heterocycles. The number of hydrogen-bond acceptors (Lipinski definition) is 4. The largest absolute Gasteiger partial charge is 0.497 e. The molecule has 136 valence electrons. The minimum absolute atomic E-state index is 0.285. The maximum Gasteiger partial charge on any atom is 0.313 e. The van der Waals surface area contributed by atoms with Crippen molar-refractivity contribution in [2.24, 2.45) is 0 Å².